The zero-order valence-corrected chi connectivity index (χ0v) is 11.3. The topological polar surface area (TPSA) is 81.2 Å². The summed E-state index contributed by atoms with van der Waals surface area (Å²) in [4.78, 5) is 14.3. The lowest BCUT2D eigenvalue weighted by molar-refractivity contribution is -0.392. The fourth-order valence-corrected chi connectivity index (χ4v) is 2.11. The van der Waals surface area contributed by atoms with Crippen LogP contribution in [0.15, 0.2) is 36.5 Å². The highest BCUT2D eigenvalue weighted by Crippen LogP contribution is 2.15. The van der Waals surface area contributed by atoms with Gasteiger partial charge >= 0.3 is 5.82 Å². The van der Waals surface area contributed by atoms with Crippen LogP contribution < -0.4 is 0 Å². The fraction of sp³-hybridized carbons (Fsp3) is 0.357. The van der Waals surface area contributed by atoms with Crippen molar-refractivity contribution in [1.29, 1.82) is 0 Å². The van der Waals surface area contributed by atoms with E-state index in [9.17, 15) is 15.2 Å². The summed E-state index contributed by atoms with van der Waals surface area (Å²) in [5.74, 6) is 0.455. The predicted octanol–water partition coefficient (Wildman–Crippen LogP) is 2.09. The highest BCUT2D eigenvalue weighted by Gasteiger charge is 2.20. The summed E-state index contributed by atoms with van der Waals surface area (Å²) in [5.41, 5.74) is 1.14. The number of aryl methyl sites for hydroxylation is 2. The van der Waals surface area contributed by atoms with E-state index in [1.165, 1.54) is 10.8 Å². The molecule has 1 N–H and O–H groups in total. The van der Waals surface area contributed by atoms with Gasteiger partial charge in [0.15, 0.2) is 5.82 Å². The van der Waals surface area contributed by atoms with E-state index in [2.05, 4.69) is 4.98 Å². The Kier molecular flexibility index (Phi) is 4.47. The van der Waals surface area contributed by atoms with Gasteiger partial charge in [0.05, 0.1) is 6.10 Å². The molecule has 0 amide bonds. The number of nitro groups is 1. The van der Waals surface area contributed by atoms with Crippen LogP contribution in [0.3, 0.4) is 0 Å². The highest BCUT2D eigenvalue weighted by atomic mass is 16.6. The minimum atomic E-state index is -0.637. The highest BCUT2D eigenvalue weighted by molar-refractivity contribution is 5.19. The Morgan fingerprint density at radius 2 is 2.10 bits per heavy atom. The summed E-state index contributed by atoms with van der Waals surface area (Å²) >= 11 is 0. The third-order valence-corrected chi connectivity index (χ3v) is 3.22. The summed E-state index contributed by atoms with van der Waals surface area (Å²) in [6, 6.07) is 9.84. The lowest BCUT2D eigenvalue weighted by Crippen LogP contribution is -2.19. The molecule has 0 saturated heterocycles. The van der Waals surface area contributed by atoms with Crippen LogP contribution in [0.2, 0.25) is 0 Å². The first kappa shape index (κ1) is 14.2. The molecule has 6 nitrogen and oxygen atoms in total. The predicted molar refractivity (Wildman–Crippen MR) is 74.4 cm³/mol. The van der Waals surface area contributed by atoms with Crippen molar-refractivity contribution >= 4 is 5.82 Å². The second-order valence-corrected chi connectivity index (χ2v) is 4.71. The van der Waals surface area contributed by atoms with Crippen molar-refractivity contribution in [1.82, 2.24) is 9.55 Å². The molecule has 0 unspecified atom stereocenters. The van der Waals surface area contributed by atoms with Gasteiger partial charge in [-0.25, -0.2) is 9.55 Å². The second-order valence-electron chi connectivity index (χ2n) is 4.71. The molecular formula is C14H17N3O3. The Morgan fingerprint density at radius 1 is 1.40 bits per heavy atom. The van der Waals surface area contributed by atoms with E-state index in [4.69, 9.17) is 0 Å². The van der Waals surface area contributed by atoms with Crippen LogP contribution in [0.1, 0.15) is 17.8 Å². The van der Waals surface area contributed by atoms with Gasteiger partial charge in [-0.1, -0.05) is 30.3 Å². The second kappa shape index (κ2) is 6.29. The van der Waals surface area contributed by atoms with E-state index in [1.807, 2.05) is 30.3 Å². The van der Waals surface area contributed by atoms with Gasteiger partial charge < -0.3 is 15.2 Å². The quantitative estimate of drug-likeness (QED) is 0.646. The normalized spacial score (nSPS) is 12.3. The van der Waals surface area contributed by atoms with Gasteiger partial charge in [-0.3, -0.25) is 0 Å². The van der Waals surface area contributed by atoms with E-state index in [0.717, 1.165) is 12.0 Å². The summed E-state index contributed by atoms with van der Waals surface area (Å²) < 4.78 is 1.44. The molecule has 0 spiro atoms. The third kappa shape index (κ3) is 3.42. The standard InChI is InChI=1S/C14H17N3O3/c1-11-15-9-14(17(19)20)16(11)10-13(18)8-7-12-5-3-2-4-6-12/h2-6,9,13,18H,7-8,10H2,1H3/t13-/m0/s1. The van der Waals surface area contributed by atoms with Crippen LogP contribution in [0.25, 0.3) is 0 Å². The number of hydrogen-bond donors (Lipinski definition) is 1. The molecule has 2 aromatic rings. The van der Waals surface area contributed by atoms with E-state index in [0.29, 0.717) is 12.2 Å². The average Bonchev–Trinajstić information content (AvgIpc) is 2.79. The fourth-order valence-electron chi connectivity index (χ4n) is 2.11. The SMILES string of the molecule is Cc1ncc([N+](=O)[O-])n1C[C@@H](O)CCc1ccccc1. The van der Waals surface area contributed by atoms with E-state index in [1.54, 1.807) is 6.92 Å². The number of rotatable bonds is 6. The summed E-state index contributed by atoms with van der Waals surface area (Å²) in [5, 5.41) is 20.9. The van der Waals surface area contributed by atoms with Crippen LogP contribution >= 0.6 is 0 Å². The van der Waals surface area contributed by atoms with Crippen molar-refractivity contribution in [2.45, 2.75) is 32.4 Å². The minimum absolute atomic E-state index is 0.0822. The number of aliphatic hydroxyl groups is 1. The lowest BCUT2D eigenvalue weighted by Gasteiger charge is -2.10. The molecule has 0 aliphatic rings. The molecule has 20 heavy (non-hydrogen) atoms. The van der Waals surface area contributed by atoms with Crippen LogP contribution in [0, 0.1) is 17.0 Å². The summed E-state index contributed by atoms with van der Waals surface area (Å²) in [7, 11) is 0. The van der Waals surface area contributed by atoms with Crippen LogP contribution in [-0.2, 0) is 13.0 Å². The van der Waals surface area contributed by atoms with Crippen molar-refractivity contribution in [3.8, 4) is 0 Å². The largest absolute Gasteiger partial charge is 0.389 e. The van der Waals surface area contributed by atoms with Crippen LogP contribution in [-0.4, -0.2) is 25.7 Å². The van der Waals surface area contributed by atoms with E-state index in [-0.39, 0.29) is 12.4 Å². The van der Waals surface area contributed by atoms with Gasteiger partial charge in [0.2, 0.25) is 0 Å². The maximum Gasteiger partial charge on any atom is 0.342 e. The number of nitrogens with zero attached hydrogens (tertiary/aromatic N) is 3. The number of aliphatic hydroxyl groups excluding tert-OH is 1. The maximum absolute atomic E-state index is 10.9. The first-order valence-electron chi connectivity index (χ1n) is 6.46. The molecule has 106 valence electrons. The van der Waals surface area contributed by atoms with Gasteiger partial charge in [0, 0.05) is 6.92 Å². The van der Waals surface area contributed by atoms with Crippen molar-refractivity contribution in [3.63, 3.8) is 0 Å². The number of hydrogen-bond acceptors (Lipinski definition) is 4. The molecule has 0 aliphatic heterocycles. The molecule has 0 bridgehead atoms. The maximum atomic E-state index is 10.9. The number of aromatic nitrogens is 2. The van der Waals surface area contributed by atoms with Crippen molar-refractivity contribution in [3.05, 3.63) is 58.0 Å². The molecular weight excluding hydrogens is 258 g/mol. The third-order valence-electron chi connectivity index (χ3n) is 3.22. The van der Waals surface area contributed by atoms with Gasteiger partial charge in [-0.05, 0) is 23.3 Å². The lowest BCUT2D eigenvalue weighted by atomic mass is 10.1. The molecule has 2 rings (SSSR count). The average molecular weight is 275 g/mol. The monoisotopic (exact) mass is 275 g/mol. The first-order chi connectivity index (χ1) is 9.58. The van der Waals surface area contributed by atoms with Crippen LogP contribution in [0.5, 0.6) is 0 Å². The molecule has 1 aromatic carbocycles. The Balaban J connectivity index is 1.96. The van der Waals surface area contributed by atoms with Gasteiger partial charge in [-0.15, -0.1) is 0 Å². The van der Waals surface area contributed by atoms with E-state index < -0.39 is 11.0 Å². The van der Waals surface area contributed by atoms with Crippen molar-refractivity contribution in [2.75, 3.05) is 0 Å². The smallest absolute Gasteiger partial charge is 0.342 e. The van der Waals surface area contributed by atoms with Gasteiger partial charge in [-0.2, -0.15) is 0 Å². The molecule has 1 aromatic heterocycles. The Bertz CT molecular complexity index is 581. The van der Waals surface area contributed by atoms with Crippen molar-refractivity contribution in [2.24, 2.45) is 0 Å². The van der Waals surface area contributed by atoms with E-state index >= 15 is 0 Å². The molecule has 0 fully saturated rings. The molecule has 0 radical (unpaired) electrons. The van der Waals surface area contributed by atoms with Gasteiger partial charge in [0.1, 0.15) is 12.7 Å². The molecule has 6 heteroatoms. The first-order valence-corrected chi connectivity index (χ1v) is 6.46. The van der Waals surface area contributed by atoms with Gasteiger partial charge in [0.25, 0.3) is 0 Å². The zero-order chi connectivity index (χ0) is 14.5. The molecule has 1 atom stereocenters. The molecule has 0 aliphatic carbocycles. The molecule has 0 saturated carbocycles. The minimum Gasteiger partial charge on any atom is -0.389 e. The number of benzene rings is 1. The summed E-state index contributed by atoms with van der Waals surface area (Å²) in [6.07, 6.45) is 1.88. The number of imidazole rings is 1. The Morgan fingerprint density at radius 3 is 2.75 bits per heavy atom. The zero-order valence-electron chi connectivity index (χ0n) is 11.3. The van der Waals surface area contributed by atoms with Crippen molar-refractivity contribution < 1.29 is 10.0 Å². The van der Waals surface area contributed by atoms with Crippen LogP contribution in [0.4, 0.5) is 5.82 Å². The molecule has 1 heterocycles. The Hall–Kier alpha value is -2.21. The summed E-state index contributed by atoms with van der Waals surface area (Å²) in [6.45, 7) is 1.88. The Labute approximate surface area is 116 Å².